The number of aliphatic hydroxyl groups is 1. The van der Waals surface area contributed by atoms with Crippen LogP contribution in [0.15, 0.2) is 0 Å². The van der Waals surface area contributed by atoms with Gasteiger partial charge in [-0.15, -0.1) is 0 Å². The second-order valence-corrected chi connectivity index (χ2v) is 2.87. The Hall–Kier alpha value is -0.160. The normalized spacial score (nSPS) is 43.9. The van der Waals surface area contributed by atoms with Crippen molar-refractivity contribution in [3.05, 3.63) is 0 Å². The molecule has 11 heavy (non-hydrogen) atoms. The Morgan fingerprint density at radius 3 is 2.91 bits per heavy atom. The van der Waals surface area contributed by atoms with Crippen LogP contribution in [-0.4, -0.2) is 37.0 Å². The van der Waals surface area contributed by atoms with E-state index in [0.29, 0.717) is 13.2 Å². The second-order valence-electron chi connectivity index (χ2n) is 2.87. The van der Waals surface area contributed by atoms with Gasteiger partial charge in [-0.1, -0.05) is 0 Å². The third-order valence-corrected chi connectivity index (χ3v) is 1.99. The molecule has 2 aliphatic heterocycles. The first-order valence-electron chi connectivity index (χ1n) is 3.91. The fourth-order valence-electron chi connectivity index (χ4n) is 1.43. The van der Waals surface area contributed by atoms with Gasteiger partial charge in [0, 0.05) is 6.42 Å². The molecule has 0 aromatic carbocycles. The number of ether oxygens (including phenoxy) is 3. The van der Waals surface area contributed by atoms with E-state index < -0.39 is 5.97 Å². The van der Waals surface area contributed by atoms with E-state index in [1.54, 1.807) is 0 Å². The molecule has 0 aromatic rings. The van der Waals surface area contributed by atoms with Crippen molar-refractivity contribution in [1.29, 1.82) is 0 Å². The topological polar surface area (TPSA) is 47.9 Å². The number of hydrogen-bond acceptors (Lipinski definition) is 4. The van der Waals surface area contributed by atoms with Crippen LogP contribution in [0.4, 0.5) is 0 Å². The highest BCUT2D eigenvalue weighted by molar-refractivity contribution is 4.74. The molecule has 0 amide bonds. The molecule has 2 saturated heterocycles. The Morgan fingerprint density at radius 2 is 2.36 bits per heavy atom. The van der Waals surface area contributed by atoms with E-state index in [4.69, 9.17) is 19.3 Å². The zero-order valence-corrected chi connectivity index (χ0v) is 6.28. The van der Waals surface area contributed by atoms with E-state index in [-0.39, 0.29) is 12.7 Å². The van der Waals surface area contributed by atoms with E-state index >= 15 is 0 Å². The lowest BCUT2D eigenvalue weighted by atomic mass is 10.3. The lowest BCUT2D eigenvalue weighted by molar-refractivity contribution is -0.314. The number of rotatable bonds is 1. The third-order valence-electron chi connectivity index (χ3n) is 1.99. The number of hydrogen-bond donors (Lipinski definition) is 1. The minimum Gasteiger partial charge on any atom is -0.394 e. The SMILES string of the molecule is OCC1COC2(CCCO2)O1. The molecule has 1 spiro atoms. The summed E-state index contributed by atoms with van der Waals surface area (Å²) < 4.78 is 15.9. The van der Waals surface area contributed by atoms with Gasteiger partial charge in [-0.2, -0.15) is 0 Å². The summed E-state index contributed by atoms with van der Waals surface area (Å²) in [5.74, 6) is -0.798. The summed E-state index contributed by atoms with van der Waals surface area (Å²) in [4.78, 5) is 0. The summed E-state index contributed by atoms with van der Waals surface area (Å²) in [5.41, 5.74) is 0. The van der Waals surface area contributed by atoms with Crippen molar-refractivity contribution in [2.75, 3.05) is 19.8 Å². The third kappa shape index (κ3) is 1.27. The lowest BCUT2D eigenvalue weighted by Gasteiger charge is -2.20. The molecule has 1 N–H and O–H groups in total. The van der Waals surface area contributed by atoms with Gasteiger partial charge in [0.25, 0.3) is 5.97 Å². The second kappa shape index (κ2) is 2.71. The van der Waals surface area contributed by atoms with E-state index in [1.165, 1.54) is 0 Å². The van der Waals surface area contributed by atoms with Crippen LogP contribution < -0.4 is 0 Å². The Bertz CT molecular complexity index is 141. The Labute approximate surface area is 65.1 Å². The fraction of sp³-hybridized carbons (Fsp3) is 1.00. The molecule has 0 aromatic heterocycles. The molecule has 0 radical (unpaired) electrons. The van der Waals surface area contributed by atoms with E-state index in [2.05, 4.69) is 0 Å². The van der Waals surface area contributed by atoms with Crippen LogP contribution in [0.25, 0.3) is 0 Å². The maximum atomic E-state index is 8.75. The molecule has 2 unspecified atom stereocenters. The summed E-state index contributed by atoms with van der Waals surface area (Å²) in [6, 6.07) is 0. The van der Waals surface area contributed by atoms with Crippen LogP contribution in [0.1, 0.15) is 12.8 Å². The van der Waals surface area contributed by atoms with Crippen LogP contribution in [-0.2, 0) is 14.2 Å². The molecular weight excluding hydrogens is 148 g/mol. The zero-order valence-electron chi connectivity index (χ0n) is 6.28. The molecule has 0 saturated carbocycles. The lowest BCUT2D eigenvalue weighted by Crippen LogP contribution is -2.29. The van der Waals surface area contributed by atoms with Gasteiger partial charge in [0.1, 0.15) is 6.10 Å². The van der Waals surface area contributed by atoms with Gasteiger partial charge >= 0.3 is 0 Å². The van der Waals surface area contributed by atoms with Gasteiger partial charge in [-0.3, -0.25) is 0 Å². The van der Waals surface area contributed by atoms with E-state index in [0.717, 1.165) is 12.8 Å². The minimum absolute atomic E-state index is 0.00507. The van der Waals surface area contributed by atoms with Gasteiger partial charge in [0.05, 0.1) is 19.8 Å². The van der Waals surface area contributed by atoms with Gasteiger partial charge in [-0.05, 0) is 6.42 Å². The van der Waals surface area contributed by atoms with Crippen molar-refractivity contribution in [2.45, 2.75) is 24.9 Å². The van der Waals surface area contributed by atoms with Crippen LogP contribution >= 0.6 is 0 Å². The fourth-order valence-corrected chi connectivity index (χ4v) is 1.43. The maximum Gasteiger partial charge on any atom is 0.283 e. The van der Waals surface area contributed by atoms with Crippen molar-refractivity contribution < 1.29 is 19.3 Å². The average Bonchev–Trinajstić information content (AvgIpc) is 2.62. The summed E-state index contributed by atoms with van der Waals surface area (Å²) in [6.07, 6.45) is 1.55. The molecule has 4 heteroatoms. The molecule has 2 rings (SSSR count). The average molecular weight is 160 g/mol. The summed E-state index contributed by atoms with van der Waals surface area (Å²) in [6.45, 7) is 1.14. The molecule has 2 heterocycles. The van der Waals surface area contributed by atoms with Gasteiger partial charge < -0.3 is 19.3 Å². The summed E-state index contributed by atoms with van der Waals surface area (Å²) in [5, 5.41) is 8.75. The van der Waals surface area contributed by atoms with Crippen molar-refractivity contribution in [3.63, 3.8) is 0 Å². The highest BCUT2D eigenvalue weighted by Gasteiger charge is 2.45. The maximum absolute atomic E-state index is 8.75. The van der Waals surface area contributed by atoms with E-state index in [1.807, 2.05) is 0 Å². The summed E-state index contributed by atoms with van der Waals surface area (Å²) in [7, 11) is 0. The molecule has 4 nitrogen and oxygen atoms in total. The summed E-state index contributed by atoms with van der Waals surface area (Å²) >= 11 is 0. The van der Waals surface area contributed by atoms with Crippen molar-refractivity contribution in [1.82, 2.24) is 0 Å². The smallest absolute Gasteiger partial charge is 0.283 e. The highest BCUT2D eigenvalue weighted by Crippen LogP contribution is 2.34. The van der Waals surface area contributed by atoms with Gasteiger partial charge in [0.15, 0.2) is 0 Å². The highest BCUT2D eigenvalue weighted by atomic mass is 16.9. The Balaban J connectivity index is 1.96. The minimum atomic E-state index is -0.798. The van der Waals surface area contributed by atoms with Crippen LogP contribution in [0.5, 0.6) is 0 Å². The van der Waals surface area contributed by atoms with Crippen molar-refractivity contribution in [2.24, 2.45) is 0 Å². The first kappa shape index (κ1) is 7.49. The Morgan fingerprint density at radius 1 is 1.45 bits per heavy atom. The predicted molar refractivity (Wildman–Crippen MR) is 35.8 cm³/mol. The molecular formula is C7H12O4. The zero-order chi connectivity index (χ0) is 7.73. The van der Waals surface area contributed by atoms with Crippen LogP contribution in [0.2, 0.25) is 0 Å². The molecule has 0 aliphatic carbocycles. The molecule has 2 fully saturated rings. The Kier molecular flexibility index (Phi) is 1.85. The van der Waals surface area contributed by atoms with Gasteiger partial charge in [-0.25, -0.2) is 0 Å². The van der Waals surface area contributed by atoms with Crippen LogP contribution in [0, 0.1) is 0 Å². The molecule has 2 aliphatic rings. The van der Waals surface area contributed by atoms with Gasteiger partial charge in [0.2, 0.25) is 0 Å². The number of aliphatic hydroxyl groups excluding tert-OH is 1. The largest absolute Gasteiger partial charge is 0.394 e. The quantitative estimate of drug-likeness (QED) is 0.580. The first-order valence-corrected chi connectivity index (χ1v) is 3.91. The van der Waals surface area contributed by atoms with Crippen molar-refractivity contribution >= 4 is 0 Å². The van der Waals surface area contributed by atoms with Crippen molar-refractivity contribution in [3.8, 4) is 0 Å². The molecule has 64 valence electrons. The predicted octanol–water partition coefficient (Wildman–Crippen LogP) is -0.142. The molecule has 0 bridgehead atoms. The van der Waals surface area contributed by atoms with Crippen LogP contribution in [0.3, 0.4) is 0 Å². The monoisotopic (exact) mass is 160 g/mol. The standard InChI is InChI=1S/C7H12O4/c8-4-6-5-10-7(11-6)2-1-3-9-7/h6,8H,1-5H2. The first-order chi connectivity index (χ1) is 5.35. The van der Waals surface area contributed by atoms with E-state index in [9.17, 15) is 0 Å². The molecule has 2 atom stereocenters.